The van der Waals surface area contributed by atoms with Gasteiger partial charge in [0.25, 0.3) is 0 Å². The Morgan fingerprint density at radius 1 is 0.678 bits per heavy atom. The summed E-state index contributed by atoms with van der Waals surface area (Å²) >= 11 is 0. The van der Waals surface area contributed by atoms with Crippen molar-refractivity contribution in [2.75, 3.05) is 31.1 Å². The van der Waals surface area contributed by atoms with Crippen LogP contribution >= 0.6 is 21.6 Å². The smallest absolute Gasteiger partial charge is 0.305 e. The maximum atomic E-state index is 15.0. The van der Waals surface area contributed by atoms with Crippen LogP contribution in [0.2, 0.25) is 0 Å². The van der Waals surface area contributed by atoms with Gasteiger partial charge in [0.2, 0.25) is 76.8 Å². The molecule has 35 heteroatoms. The summed E-state index contributed by atoms with van der Waals surface area (Å²) < 4.78 is 0. The number of likely N-dealkylation sites (tertiary alicyclic amines) is 1. The summed E-state index contributed by atoms with van der Waals surface area (Å²) in [7, 11) is 1.58. The minimum absolute atomic E-state index is 0.0176. The fourth-order valence-electron chi connectivity index (χ4n) is 9.12. The number of carbonyl (C=O) groups excluding carboxylic acids is 13. The zero-order valence-electron chi connectivity index (χ0n) is 49.4. The molecule has 23 N–H and O–H groups in total. The van der Waals surface area contributed by atoms with E-state index >= 15 is 0 Å². The van der Waals surface area contributed by atoms with Crippen LogP contribution in [0.3, 0.4) is 0 Å². The summed E-state index contributed by atoms with van der Waals surface area (Å²) in [4.78, 5) is 196. The number of amides is 13. The van der Waals surface area contributed by atoms with Crippen LogP contribution in [0.4, 0.5) is 0 Å². The predicted octanol–water partition coefficient (Wildman–Crippen LogP) is -6.30. The second kappa shape index (κ2) is 36.3. The van der Waals surface area contributed by atoms with Crippen LogP contribution in [-0.2, 0) is 80.0 Å². The van der Waals surface area contributed by atoms with Gasteiger partial charge in [-0.2, -0.15) is 0 Å². The SMILES string of the molecule is CC(C)[C@H](N)C(=O)NC(CC(=O)O)C(=O)N[C@H]1CSSC[C@@H](C(=O)N2CCC[C@H]2C(=O)N[C@@H](CCCN=C(N)N)C(=O)NCC(N)=O)NC(=O)[C@H](CC(N)=O)NC(=O)[C@H](CCC(N)=O)NC(=O)[C@@H](Cc2ccccc2)NC(=O)[C@H](Cc2ccc(O)cc2)NC1=O. The van der Waals surface area contributed by atoms with Crippen LogP contribution < -0.4 is 82.3 Å². The summed E-state index contributed by atoms with van der Waals surface area (Å²) in [6.45, 7) is 2.53. The molecule has 4 rings (SSSR count). The van der Waals surface area contributed by atoms with Crippen LogP contribution in [0.1, 0.15) is 76.3 Å². The number of nitrogens with one attached hydrogen (secondary N) is 9. The van der Waals surface area contributed by atoms with Crippen molar-refractivity contribution in [3.05, 3.63) is 65.7 Å². The number of nitrogens with zero attached hydrogens (tertiary/aromatic N) is 2. The van der Waals surface area contributed by atoms with E-state index in [0.717, 1.165) is 26.5 Å². The molecule has 0 aromatic heterocycles. The van der Waals surface area contributed by atoms with Crippen LogP contribution in [0.25, 0.3) is 0 Å². The lowest BCUT2D eigenvalue weighted by molar-refractivity contribution is -0.142. The molecule has 2 saturated heterocycles. The Kier molecular flexibility index (Phi) is 29.5. The first-order valence-electron chi connectivity index (χ1n) is 28.5. The van der Waals surface area contributed by atoms with E-state index in [1.165, 1.54) is 24.3 Å². The molecule has 492 valence electrons. The van der Waals surface area contributed by atoms with Gasteiger partial charge in [-0.25, -0.2) is 0 Å². The molecule has 0 bridgehead atoms. The van der Waals surface area contributed by atoms with Crippen molar-refractivity contribution in [3.8, 4) is 5.75 Å². The Labute approximate surface area is 524 Å². The van der Waals surface area contributed by atoms with Crippen molar-refractivity contribution in [1.29, 1.82) is 0 Å². The summed E-state index contributed by atoms with van der Waals surface area (Å²) in [5.41, 5.74) is 34.0. The van der Waals surface area contributed by atoms with Crippen LogP contribution in [-0.4, -0.2) is 195 Å². The first-order valence-corrected chi connectivity index (χ1v) is 31.0. The third-order valence-corrected chi connectivity index (χ3v) is 16.4. The zero-order chi connectivity index (χ0) is 66.8. The van der Waals surface area contributed by atoms with Gasteiger partial charge >= 0.3 is 5.97 Å². The molecule has 0 radical (unpaired) electrons. The summed E-state index contributed by atoms with van der Waals surface area (Å²) in [5, 5.41) is 42.2. The number of phenolic OH excluding ortho intramolecular Hbond substituents is 1. The summed E-state index contributed by atoms with van der Waals surface area (Å²) in [6, 6.07) is -2.47. The molecule has 2 aromatic rings. The highest BCUT2D eigenvalue weighted by atomic mass is 33.1. The van der Waals surface area contributed by atoms with E-state index in [1.807, 2.05) is 0 Å². The lowest BCUT2D eigenvalue weighted by Crippen LogP contribution is -2.62. The monoisotopic (exact) mass is 1300 g/mol. The molecular weight excluding hydrogens is 1220 g/mol. The van der Waals surface area contributed by atoms with E-state index in [9.17, 15) is 77.3 Å². The third-order valence-electron chi connectivity index (χ3n) is 14.0. The van der Waals surface area contributed by atoms with Crippen molar-refractivity contribution in [3.63, 3.8) is 0 Å². The third kappa shape index (κ3) is 24.7. The number of guanidine groups is 1. The maximum Gasteiger partial charge on any atom is 0.305 e. The summed E-state index contributed by atoms with van der Waals surface area (Å²) in [6.07, 6.45) is -3.31. The predicted molar refractivity (Wildman–Crippen MR) is 326 cm³/mol. The molecule has 0 spiro atoms. The number of phenols is 1. The lowest BCUT2D eigenvalue weighted by atomic mass is 10.0. The van der Waals surface area contributed by atoms with Crippen molar-refractivity contribution < 1.29 is 77.3 Å². The van der Waals surface area contributed by atoms with Gasteiger partial charge < -0.3 is 97.4 Å². The molecule has 1 unspecified atom stereocenters. The first kappa shape index (κ1) is 73.2. The van der Waals surface area contributed by atoms with Crippen molar-refractivity contribution in [2.24, 2.45) is 45.3 Å². The average Bonchev–Trinajstić information content (AvgIpc) is 2.40. The van der Waals surface area contributed by atoms with E-state index in [-0.39, 0.29) is 63.3 Å². The van der Waals surface area contributed by atoms with Gasteiger partial charge in [-0.3, -0.25) is 72.1 Å². The van der Waals surface area contributed by atoms with Gasteiger partial charge in [-0.15, -0.1) is 0 Å². The Morgan fingerprint density at radius 2 is 1.26 bits per heavy atom. The molecule has 2 aromatic carbocycles. The Balaban J connectivity index is 1.88. The van der Waals surface area contributed by atoms with E-state index in [0.29, 0.717) is 11.1 Å². The van der Waals surface area contributed by atoms with E-state index in [4.69, 9.17) is 34.4 Å². The second-order valence-electron chi connectivity index (χ2n) is 21.5. The number of benzene rings is 2. The molecule has 33 nitrogen and oxygen atoms in total. The number of rotatable bonds is 26. The molecular formula is C55H79N17O16S2. The molecule has 13 amide bonds. The van der Waals surface area contributed by atoms with E-state index in [1.54, 1.807) is 44.2 Å². The number of aliphatic imine (C=N–C) groups is 1. The first-order chi connectivity index (χ1) is 42.5. The fraction of sp³-hybridized carbons (Fsp3) is 0.509. The van der Waals surface area contributed by atoms with Crippen LogP contribution in [0, 0.1) is 5.92 Å². The van der Waals surface area contributed by atoms with Crippen molar-refractivity contribution in [1.82, 2.24) is 52.8 Å². The van der Waals surface area contributed by atoms with Crippen molar-refractivity contribution in [2.45, 2.75) is 138 Å². The highest BCUT2D eigenvalue weighted by Gasteiger charge is 2.41. The van der Waals surface area contributed by atoms with Gasteiger partial charge in [0.1, 0.15) is 60.1 Å². The van der Waals surface area contributed by atoms with Crippen molar-refractivity contribution >= 4 is 110 Å². The number of aromatic hydroxyl groups is 1. The largest absolute Gasteiger partial charge is 0.508 e. The normalized spacial score (nSPS) is 21.4. The van der Waals surface area contributed by atoms with Crippen LogP contribution in [0.5, 0.6) is 5.75 Å². The lowest BCUT2D eigenvalue weighted by Gasteiger charge is -2.31. The number of hydrogen-bond donors (Lipinski definition) is 17. The number of carbonyl (C=O) groups is 14. The number of carboxylic acids is 1. The molecule has 2 heterocycles. The van der Waals surface area contributed by atoms with Gasteiger partial charge in [0.05, 0.1) is 25.4 Å². The minimum Gasteiger partial charge on any atom is -0.508 e. The Hall–Kier alpha value is -9.25. The molecule has 10 atom stereocenters. The average molecular weight is 1300 g/mol. The second-order valence-corrected chi connectivity index (χ2v) is 24.0. The number of primary amides is 3. The van der Waals surface area contributed by atoms with Crippen LogP contribution in [0.15, 0.2) is 59.6 Å². The number of nitrogens with two attached hydrogens (primary N) is 6. The molecule has 2 fully saturated rings. The molecule has 90 heavy (non-hydrogen) atoms. The quantitative estimate of drug-likeness (QED) is 0.0180. The number of carboxylic acid groups (broad SMARTS) is 1. The number of hydrogen-bond acceptors (Lipinski definition) is 19. The molecule has 0 saturated carbocycles. The van der Waals surface area contributed by atoms with E-state index < -0.39 is 193 Å². The topological polar surface area (TPSA) is 559 Å². The molecule has 2 aliphatic heterocycles. The Morgan fingerprint density at radius 3 is 1.84 bits per heavy atom. The minimum atomic E-state index is -1.92. The van der Waals surface area contributed by atoms with E-state index in [2.05, 4.69) is 52.8 Å². The molecule has 0 aliphatic carbocycles. The zero-order valence-corrected chi connectivity index (χ0v) is 51.1. The van der Waals surface area contributed by atoms with Gasteiger partial charge in [0.15, 0.2) is 5.96 Å². The number of aliphatic carboxylic acids is 1. The highest BCUT2D eigenvalue weighted by molar-refractivity contribution is 8.76. The van der Waals surface area contributed by atoms with Gasteiger partial charge in [0, 0.05) is 43.9 Å². The maximum absolute atomic E-state index is 15.0. The molecule has 2 aliphatic rings. The van der Waals surface area contributed by atoms with Gasteiger partial charge in [-0.1, -0.05) is 77.9 Å². The fourth-order valence-corrected chi connectivity index (χ4v) is 11.4. The van der Waals surface area contributed by atoms with Gasteiger partial charge in [-0.05, 0) is 61.3 Å². The Bertz CT molecular complexity index is 2960. The standard InChI is InChI=1S/C55H79N17O16S2/c1-27(2)44(59)53(87)69-36(23-43(77)78)50(84)70-37-25-89-90-26-38(54(88)72-19-7-11-39(72)52(86)65-31(10-6-18-62-55(60)61)45(79)63-24-42(58)76)71-49(83)35(22-41(57)75)68-46(80)32(16-17-40(56)74)64-47(81)33(20-28-8-4-3-5-9-28)66-48(82)34(67-51(37)85)21-29-12-14-30(73)15-13-29/h3-5,8-9,12-15,27,31-39,44,73H,6-7,10-11,16-26,59H2,1-2H3,(H2,56,74)(H2,57,75)(H2,58,76)(H,63,79)(H,64,81)(H,65,86)(H,66,82)(H,67,85)(H,68,80)(H,69,87)(H,70,84)(H,71,83)(H,77,78)(H4,60,61,62)/t31-,32-,33+,34-,35-,36?,37-,38-,39-,44-/m0/s1. The summed E-state index contributed by atoms with van der Waals surface area (Å²) in [5.74, 6) is -16.6. The highest BCUT2D eigenvalue weighted by Crippen LogP contribution is 2.27.